The minimum absolute atomic E-state index is 0. The first-order valence-electron chi connectivity index (χ1n) is 13.0. The number of rotatable bonds is 3. The van der Waals surface area contributed by atoms with E-state index in [-0.39, 0.29) is 20.1 Å². The smallest absolute Gasteiger partial charge is 0.0190 e. The molecule has 2 nitrogen and oxygen atoms in total. The summed E-state index contributed by atoms with van der Waals surface area (Å²) in [6.07, 6.45) is 3.68. The van der Waals surface area contributed by atoms with Gasteiger partial charge < -0.3 is 9.97 Å². The molecule has 7 aromatic rings. The van der Waals surface area contributed by atoms with E-state index in [0.717, 1.165) is 22.5 Å². The van der Waals surface area contributed by atoms with E-state index in [0.29, 0.717) is 0 Å². The van der Waals surface area contributed by atoms with Crippen LogP contribution in [0, 0.1) is 19.1 Å². The minimum Gasteiger partial charge on any atom is -0.305 e. The van der Waals surface area contributed by atoms with Crippen LogP contribution in [0.1, 0.15) is 5.56 Å². The Morgan fingerprint density at radius 1 is 0.575 bits per heavy atom. The summed E-state index contributed by atoms with van der Waals surface area (Å²) in [5.41, 5.74) is 7.57. The molecule has 0 saturated carbocycles. The van der Waals surface area contributed by atoms with E-state index in [2.05, 4.69) is 101 Å². The van der Waals surface area contributed by atoms with Crippen LogP contribution in [0.2, 0.25) is 0 Å². The van der Waals surface area contributed by atoms with Crippen LogP contribution >= 0.6 is 0 Å². The molecule has 0 fully saturated rings. The molecule has 7 rings (SSSR count). The van der Waals surface area contributed by atoms with Gasteiger partial charge in [0.25, 0.3) is 0 Å². The van der Waals surface area contributed by atoms with Crippen LogP contribution < -0.4 is 0 Å². The van der Waals surface area contributed by atoms with Gasteiger partial charge in [-0.15, -0.1) is 65.7 Å². The summed E-state index contributed by atoms with van der Waals surface area (Å²) in [5, 5.41) is 5.11. The van der Waals surface area contributed by atoms with Crippen LogP contribution in [0.15, 0.2) is 140 Å². The molecule has 2 aromatic heterocycles. The number of fused-ring (bicyclic) bond motifs is 3. The Morgan fingerprint density at radius 3 is 2.00 bits per heavy atom. The van der Waals surface area contributed by atoms with Crippen molar-refractivity contribution in [3.05, 3.63) is 157 Å². The van der Waals surface area contributed by atoms with Crippen molar-refractivity contribution in [2.75, 3.05) is 0 Å². The molecule has 0 aliphatic carbocycles. The largest absolute Gasteiger partial charge is 0.305 e. The second kappa shape index (κ2) is 12.6. The van der Waals surface area contributed by atoms with Gasteiger partial charge in [-0.2, -0.15) is 0 Å². The second-order valence-electron chi connectivity index (χ2n) is 9.39. The number of benzene rings is 5. The molecule has 195 valence electrons. The molecule has 0 atom stereocenters. The van der Waals surface area contributed by atoms with Crippen molar-refractivity contribution in [3.63, 3.8) is 0 Å². The van der Waals surface area contributed by atoms with Crippen molar-refractivity contribution in [2.45, 2.75) is 6.92 Å². The van der Waals surface area contributed by atoms with Gasteiger partial charge in [-0.1, -0.05) is 90.0 Å². The summed E-state index contributed by atoms with van der Waals surface area (Å²) in [5.74, 6) is 0. The minimum atomic E-state index is 0. The average molecular weight is 691 g/mol. The standard InChI is InChI=1S/C25H16N.C12H10N.Ir/c1-2-8-21-20(7-1)17-24(23-10-4-3-9-22(21)23)18-12-14-19(15-13-18)25-11-5-6-16-26-25;1-10-7-8-12(13-9-10)11-5-3-2-4-6-11;/h1-14,16-17H;2-5,7-9H,1H3;/q2*-1;. The Morgan fingerprint density at radius 2 is 1.30 bits per heavy atom. The monoisotopic (exact) mass is 691 g/mol. The summed E-state index contributed by atoms with van der Waals surface area (Å²) in [7, 11) is 0. The third-order valence-electron chi connectivity index (χ3n) is 6.73. The van der Waals surface area contributed by atoms with Gasteiger partial charge >= 0.3 is 0 Å². The summed E-state index contributed by atoms with van der Waals surface area (Å²) >= 11 is 0. The molecule has 0 aliphatic rings. The number of hydrogen-bond acceptors (Lipinski definition) is 2. The van der Waals surface area contributed by atoms with E-state index in [9.17, 15) is 0 Å². The van der Waals surface area contributed by atoms with Crippen molar-refractivity contribution in [1.82, 2.24) is 9.97 Å². The first-order chi connectivity index (χ1) is 19.3. The van der Waals surface area contributed by atoms with Crippen molar-refractivity contribution in [2.24, 2.45) is 0 Å². The maximum absolute atomic E-state index is 4.41. The van der Waals surface area contributed by atoms with E-state index in [1.54, 1.807) is 0 Å². The molecule has 0 amide bonds. The van der Waals surface area contributed by atoms with Gasteiger partial charge in [-0.3, -0.25) is 0 Å². The predicted octanol–water partition coefficient (Wildman–Crippen LogP) is 9.38. The summed E-state index contributed by atoms with van der Waals surface area (Å²) in [6.45, 7) is 2.03. The summed E-state index contributed by atoms with van der Waals surface area (Å²) in [4.78, 5) is 8.73. The zero-order chi connectivity index (χ0) is 26.4. The van der Waals surface area contributed by atoms with Crippen LogP contribution in [0.3, 0.4) is 0 Å². The number of hydrogen-bond donors (Lipinski definition) is 0. The van der Waals surface area contributed by atoms with Crippen molar-refractivity contribution >= 4 is 21.5 Å². The fourth-order valence-electron chi connectivity index (χ4n) is 4.75. The predicted molar refractivity (Wildman–Crippen MR) is 162 cm³/mol. The van der Waals surface area contributed by atoms with E-state index < -0.39 is 0 Å². The van der Waals surface area contributed by atoms with Crippen LogP contribution in [-0.2, 0) is 20.1 Å². The van der Waals surface area contributed by atoms with E-state index >= 15 is 0 Å². The Bertz CT molecular complexity index is 1830. The van der Waals surface area contributed by atoms with Gasteiger partial charge in [0.15, 0.2) is 0 Å². The molecule has 5 aromatic carbocycles. The second-order valence-corrected chi connectivity index (χ2v) is 9.39. The van der Waals surface area contributed by atoms with Crippen LogP contribution in [0.5, 0.6) is 0 Å². The Kier molecular flexibility index (Phi) is 8.56. The zero-order valence-corrected chi connectivity index (χ0v) is 24.4. The molecule has 0 saturated heterocycles. The molecule has 0 spiro atoms. The Balaban J connectivity index is 0.000000195. The number of pyridine rings is 2. The first-order valence-corrected chi connectivity index (χ1v) is 13.0. The Hall–Kier alpha value is -4.43. The van der Waals surface area contributed by atoms with Gasteiger partial charge in [0.2, 0.25) is 0 Å². The average Bonchev–Trinajstić information content (AvgIpc) is 3.02. The molecule has 0 N–H and O–H groups in total. The maximum Gasteiger partial charge on any atom is 0.0190 e. The fourth-order valence-corrected chi connectivity index (χ4v) is 4.75. The fraction of sp³-hybridized carbons (Fsp3) is 0.0270. The quantitative estimate of drug-likeness (QED) is 0.136. The maximum atomic E-state index is 4.41. The van der Waals surface area contributed by atoms with E-state index in [1.165, 1.54) is 38.2 Å². The molecule has 1 radical (unpaired) electrons. The van der Waals surface area contributed by atoms with Crippen molar-refractivity contribution < 1.29 is 20.1 Å². The van der Waals surface area contributed by atoms with Crippen LogP contribution in [-0.4, -0.2) is 9.97 Å². The normalized spacial score (nSPS) is 10.4. The molecule has 2 heterocycles. The number of aromatic nitrogens is 2. The third kappa shape index (κ3) is 5.92. The van der Waals surface area contributed by atoms with Crippen LogP contribution in [0.25, 0.3) is 55.2 Å². The molecule has 3 heteroatoms. The summed E-state index contributed by atoms with van der Waals surface area (Å²) < 4.78 is 0. The third-order valence-corrected chi connectivity index (χ3v) is 6.73. The zero-order valence-electron chi connectivity index (χ0n) is 22.0. The van der Waals surface area contributed by atoms with Crippen molar-refractivity contribution in [3.8, 4) is 33.6 Å². The van der Waals surface area contributed by atoms with Crippen LogP contribution in [0.4, 0.5) is 0 Å². The van der Waals surface area contributed by atoms with Gasteiger partial charge in [0, 0.05) is 32.5 Å². The Labute approximate surface area is 248 Å². The number of nitrogens with zero attached hydrogens (tertiary/aromatic N) is 2. The van der Waals surface area contributed by atoms with Crippen molar-refractivity contribution in [1.29, 1.82) is 0 Å². The van der Waals surface area contributed by atoms with Gasteiger partial charge in [0.05, 0.1) is 0 Å². The van der Waals surface area contributed by atoms with E-state index in [4.69, 9.17) is 0 Å². The van der Waals surface area contributed by atoms with E-state index in [1.807, 2.05) is 67.8 Å². The molecule has 0 aliphatic heterocycles. The molecule has 0 unspecified atom stereocenters. The molecule has 40 heavy (non-hydrogen) atoms. The summed E-state index contributed by atoms with van der Waals surface area (Å²) in [6, 6.07) is 50.2. The molecule has 0 bridgehead atoms. The SMILES string of the molecule is Cc1ccc(-c2[c-]cccc2)nc1.[Ir].[c-]1cc(-c2cc3ccccc3c3ccccc23)ccc1-c1ccccn1. The topological polar surface area (TPSA) is 25.8 Å². The number of aryl methyl sites for hydroxylation is 1. The molecular formula is C37H26IrN2-2. The molecular weight excluding hydrogens is 665 g/mol. The van der Waals surface area contributed by atoms with Gasteiger partial charge in [-0.05, 0) is 51.5 Å². The van der Waals surface area contributed by atoms with Gasteiger partial charge in [-0.25, -0.2) is 0 Å². The van der Waals surface area contributed by atoms with Gasteiger partial charge in [0.1, 0.15) is 0 Å². The first kappa shape index (κ1) is 27.1.